The van der Waals surface area contributed by atoms with Crippen molar-refractivity contribution in [2.24, 2.45) is 0 Å². The van der Waals surface area contributed by atoms with E-state index in [1.165, 1.54) is 0 Å². The van der Waals surface area contributed by atoms with Gasteiger partial charge >= 0.3 is 0 Å². The largest absolute Gasteiger partial charge is 0.340 e. The molecule has 0 saturated carbocycles. The van der Waals surface area contributed by atoms with Crippen LogP contribution in [0.5, 0.6) is 0 Å². The van der Waals surface area contributed by atoms with Gasteiger partial charge in [0, 0.05) is 62.3 Å². The zero-order chi connectivity index (χ0) is 23.9. The second-order valence-corrected chi connectivity index (χ2v) is 9.06. The first kappa shape index (κ1) is 23.8. The second-order valence-electron chi connectivity index (χ2n) is 9.06. The standard InChI is InChI=1S/C27H32N6O/c1-4-21-6-5-7-23(16-21)30-27-25-18-22(8-9-26(25)28-20-29-27)17-24(34)19-33-14-12-32(13-15-33)11-10-31(2)3/h1,5-9,16,18,20H,10-15,17,19H2,2-3H3,(H,28,29,30). The van der Waals surface area contributed by atoms with Gasteiger partial charge in [0.25, 0.3) is 0 Å². The molecule has 1 fully saturated rings. The van der Waals surface area contributed by atoms with Gasteiger partial charge in [-0.15, -0.1) is 6.42 Å². The molecule has 7 nitrogen and oxygen atoms in total. The van der Waals surface area contributed by atoms with Crippen LogP contribution in [0.25, 0.3) is 10.9 Å². The number of Topliss-reactive ketones (excluding diaryl/α,β-unsaturated/α-hetero) is 1. The number of hydrogen-bond donors (Lipinski definition) is 1. The van der Waals surface area contributed by atoms with Gasteiger partial charge < -0.3 is 10.2 Å². The van der Waals surface area contributed by atoms with E-state index < -0.39 is 0 Å². The molecule has 3 aromatic rings. The normalized spacial score (nSPS) is 14.9. The summed E-state index contributed by atoms with van der Waals surface area (Å²) in [7, 11) is 4.20. The lowest BCUT2D eigenvalue weighted by Crippen LogP contribution is -2.49. The molecule has 176 valence electrons. The lowest BCUT2D eigenvalue weighted by atomic mass is 10.1. The lowest BCUT2D eigenvalue weighted by molar-refractivity contribution is -0.120. The van der Waals surface area contributed by atoms with Crippen LogP contribution in [-0.4, -0.2) is 90.4 Å². The van der Waals surface area contributed by atoms with Crippen molar-refractivity contribution in [3.05, 3.63) is 59.9 Å². The number of terminal acetylenes is 1. The third-order valence-corrected chi connectivity index (χ3v) is 6.12. The van der Waals surface area contributed by atoms with Gasteiger partial charge in [0.1, 0.15) is 12.1 Å². The molecule has 0 bridgehead atoms. The average Bonchev–Trinajstić information content (AvgIpc) is 2.84. The molecular formula is C27H32N6O. The molecule has 7 heteroatoms. The molecule has 2 aromatic carbocycles. The Balaban J connectivity index is 1.38. The number of nitrogens with one attached hydrogen (secondary N) is 1. The number of nitrogens with zero attached hydrogens (tertiary/aromatic N) is 5. The fourth-order valence-corrected chi connectivity index (χ4v) is 4.18. The molecule has 0 aliphatic carbocycles. The van der Waals surface area contributed by atoms with Crippen molar-refractivity contribution in [1.29, 1.82) is 0 Å². The van der Waals surface area contributed by atoms with Crippen molar-refractivity contribution in [1.82, 2.24) is 24.7 Å². The molecule has 0 amide bonds. The zero-order valence-corrected chi connectivity index (χ0v) is 20.0. The Kier molecular flexibility index (Phi) is 7.86. The number of benzene rings is 2. The number of piperazine rings is 1. The summed E-state index contributed by atoms with van der Waals surface area (Å²) in [5, 5.41) is 4.22. The first-order valence-corrected chi connectivity index (χ1v) is 11.7. The summed E-state index contributed by atoms with van der Waals surface area (Å²) in [6.07, 6.45) is 7.46. The molecule has 4 rings (SSSR count). The van der Waals surface area contributed by atoms with Crippen molar-refractivity contribution in [2.45, 2.75) is 6.42 Å². The molecule has 1 saturated heterocycles. The highest BCUT2D eigenvalue weighted by Gasteiger charge is 2.19. The van der Waals surface area contributed by atoms with Crippen LogP contribution < -0.4 is 5.32 Å². The van der Waals surface area contributed by atoms with E-state index in [9.17, 15) is 4.79 Å². The molecule has 0 radical (unpaired) electrons. The number of likely N-dealkylation sites (N-methyl/N-ethyl adjacent to an activating group) is 1. The Morgan fingerprint density at radius 3 is 2.65 bits per heavy atom. The number of anilines is 2. The molecule has 1 aromatic heterocycles. The average molecular weight is 457 g/mol. The number of aromatic nitrogens is 2. The first-order valence-electron chi connectivity index (χ1n) is 11.7. The van der Waals surface area contributed by atoms with Gasteiger partial charge in [0.15, 0.2) is 5.78 Å². The van der Waals surface area contributed by atoms with Crippen LogP contribution in [0, 0.1) is 12.3 Å². The van der Waals surface area contributed by atoms with Gasteiger partial charge in [0.05, 0.1) is 12.1 Å². The summed E-state index contributed by atoms with van der Waals surface area (Å²) in [5.41, 5.74) is 3.46. The molecular weight excluding hydrogens is 424 g/mol. The quantitative estimate of drug-likeness (QED) is 0.497. The second kappa shape index (κ2) is 11.2. The van der Waals surface area contributed by atoms with Crippen LogP contribution in [0.15, 0.2) is 48.8 Å². The van der Waals surface area contributed by atoms with E-state index in [2.05, 4.69) is 50.0 Å². The van der Waals surface area contributed by atoms with Crippen LogP contribution in [0.3, 0.4) is 0 Å². The zero-order valence-electron chi connectivity index (χ0n) is 20.0. The minimum absolute atomic E-state index is 0.231. The monoisotopic (exact) mass is 456 g/mol. The van der Waals surface area contributed by atoms with Crippen molar-refractivity contribution < 1.29 is 4.79 Å². The van der Waals surface area contributed by atoms with E-state index in [4.69, 9.17) is 6.42 Å². The van der Waals surface area contributed by atoms with Gasteiger partial charge in [-0.2, -0.15) is 0 Å². The number of ketones is 1. The van der Waals surface area contributed by atoms with E-state index in [-0.39, 0.29) is 5.78 Å². The highest BCUT2D eigenvalue weighted by atomic mass is 16.1. The third kappa shape index (κ3) is 6.39. The summed E-state index contributed by atoms with van der Waals surface area (Å²) in [4.78, 5) is 28.6. The molecule has 0 atom stereocenters. The molecule has 0 unspecified atom stereocenters. The number of fused-ring (bicyclic) bond motifs is 1. The minimum Gasteiger partial charge on any atom is -0.340 e. The summed E-state index contributed by atoms with van der Waals surface area (Å²) in [6.45, 7) is 6.56. The molecule has 1 aliphatic rings. The Morgan fingerprint density at radius 2 is 1.88 bits per heavy atom. The van der Waals surface area contributed by atoms with Gasteiger partial charge in [-0.3, -0.25) is 14.6 Å². The predicted octanol–water partition coefficient (Wildman–Crippen LogP) is 2.65. The fourth-order valence-electron chi connectivity index (χ4n) is 4.18. The number of hydrogen-bond acceptors (Lipinski definition) is 7. The summed E-state index contributed by atoms with van der Waals surface area (Å²) in [5.74, 6) is 3.58. The van der Waals surface area contributed by atoms with Crippen LogP contribution in [0.2, 0.25) is 0 Å². The van der Waals surface area contributed by atoms with Crippen LogP contribution >= 0.6 is 0 Å². The Bertz CT molecular complexity index is 1180. The lowest BCUT2D eigenvalue weighted by Gasteiger charge is -2.34. The summed E-state index contributed by atoms with van der Waals surface area (Å²) in [6, 6.07) is 13.6. The van der Waals surface area contributed by atoms with Crippen molar-refractivity contribution in [3.8, 4) is 12.3 Å². The van der Waals surface area contributed by atoms with E-state index >= 15 is 0 Å². The maximum atomic E-state index is 12.8. The number of carbonyl (C=O) groups excluding carboxylic acids is 1. The van der Waals surface area contributed by atoms with Gasteiger partial charge in [-0.05, 0) is 50.0 Å². The molecule has 1 N–H and O–H groups in total. The summed E-state index contributed by atoms with van der Waals surface area (Å²) < 4.78 is 0. The molecule has 2 heterocycles. The van der Waals surface area contributed by atoms with E-state index in [0.717, 1.165) is 67.0 Å². The van der Waals surface area contributed by atoms with Crippen LogP contribution in [0.4, 0.5) is 11.5 Å². The van der Waals surface area contributed by atoms with Gasteiger partial charge in [-0.25, -0.2) is 9.97 Å². The van der Waals surface area contributed by atoms with Crippen LogP contribution in [-0.2, 0) is 11.2 Å². The maximum absolute atomic E-state index is 12.8. The van der Waals surface area contributed by atoms with Crippen molar-refractivity contribution in [2.75, 3.05) is 65.2 Å². The minimum atomic E-state index is 0.231. The highest BCUT2D eigenvalue weighted by molar-refractivity contribution is 5.92. The van der Waals surface area contributed by atoms with E-state index in [1.807, 2.05) is 42.5 Å². The molecule has 0 spiro atoms. The smallest absolute Gasteiger partial charge is 0.151 e. The van der Waals surface area contributed by atoms with Crippen LogP contribution in [0.1, 0.15) is 11.1 Å². The Hall–Kier alpha value is -3.31. The SMILES string of the molecule is C#Cc1cccc(Nc2ncnc3ccc(CC(=O)CN4CCN(CCN(C)C)CC4)cc23)c1. The van der Waals surface area contributed by atoms with Gasteiger partial charge in [0.2, 0.25) is 0 Å². The Labute approximate surface area is 201 Å². The number of carbonyl (C=O) groups is 1. The van der Waals surface area contributed by atoms with Crippen molar-refractivity contribution in [3.63, 3.8) is 0 Å². The van der Waals surface area contributed by atoms with E-state index in [0.29, 0.717) is 18.8 Å². The predicted molar refractivity (Wildman–Crippen MR) is 137 cm³/mol. The maximum Gasteiger partial charge on any atom is 0.151 e. The fraction of sp³-hybridized carbons (Fsp3) is 0.370. The van der Waals surface area contributed by atoms with E-state index in [1.54, 1.807) is 6.33 Å². The molecule has 34 heavy (non-hydrogen) atoms. The third-order valence-electron chi connectivity index (χ3n) is 6.12. The number of rotatable bonds is 9. The van der Waals surface area contributed by atoms with Crippen molar-refractivity contribution >= 4 is 28.2 Å². The highest BCUT2D eigenvalue weighted by Crippen LogP contribution is 2.25. The summed E-state index contributed by atoms with van der Waals surface area (Å²) >= 11 is 0. The molecule has 1 aliphatic heterocycles. The Morgan fingerprint density at radius 1 is 1.09 bits per heavy atom. The van der Waals surface area contributed by atoms with Gasteiger partial charge in [-0.1, -0.05) is 18.1 Å². The first-order chi connectivity index (χ1) is 16.5. The topological polar surface area (TPSA) is 64.6 Å².